The van der Waals surface area contributed by atoms with Crippen molar-refractivity contribution in [3.05, 3.63) is 29.8 Å². The first-order chi connectivity index (χ1) is 10.3. The summed E-state index contributed by atoms with van der Waals surface area (Å²) >= 11 is 0. The van der Waals surface area contributed by atoms with Crippen molar-refractivity contribution in [1.82, 2.24) is 4.90 Å². The molecule has 0 saturated carbocycles. The van der Waals surface area contributed by atoms with Crippen molar-refractivity contribution < 1.29 is 9.47 Å². The first-order valence-corrected chi connectivity index (χ1v) is 8.46. The molecule has 2 rings (SSSR count). The molecular weight excluding hydrogens is 274 g/mol. The van der Waals surface area contributed by atoms with Crippen LogP contribution in [-0.2, 0) is 10.2 Å². The van der Waals surface area contributed by atoms with Crippen LogP contribution in [0.2, 0.25) is 0 Å². The van der Waals surface area contributed by atoms with Gasteiger partial charge in [-0.2, -0.15) is 0 Å². The van der Waals surface area contributed by atoms with Gasteiger partial charge in [-0.05, 0) is 43.4 Å². The summed E-state index contributed by atoms with van der Waals surface area (Å²) in [5.41, 5.74) is 1.54. The Morgan fingerprint density at radius 3 is 2.23 bits per heavy atom. The molecule has 3 heteroatoms. The maximum Gasteiger partial charge on any atom is 0.119 e. The third-order valence-corrected chi connectivity index (χ3v) is 4.10. The summed E-state index contributed by atoms with van der Waals surface area (Å²) in [5.74, 6) is 0.969. The average Bonchev–Trinajstić information content (AvgIpc) is 2.42. The molecule has 1 heterocycles. The minimum atomic E-state index is 0.197. The Bertz CT molecular complexity index is 439. The van der Waals surface area contributed by atoms with Crippen molar-refractivity contribution in [3.63, 3.8) is 0 Å². The molecule has 3 nitrogen and oxygen atoms in total. The number of nitrogens with zero attached hydrogens (tertiary/aromatic N) is 1. The summed E-state index contributed by atoms with van der Waals surface area (Å²) in [6, 6.07) is 8.50. The average molecular weight is 305 g/mol. The second-order valence-electron chi connectivity index (χ2n) is 7.49. The number of rotatable bonds is 5. The number of hydrogen-bond donors (Lipinski definition) is 0. The van der Waals surface area contributed by atoms with E-state index in [1.165, 1.54) is 5.56 Å². The van der Waals surface area contributed by atoms with Gasteiger partial charge in [0.05, 0.1) is 18.8 Å². The summed E-state index contributed by atoms with van der Waals surface area (Å²) in [6.45, 7) is 14.9. The van der Waals surface area contributed by atoms with E-state index in [4.69, 9.17) is 9.47 Å². The molecule has 0 amide bonds. The highest BCUT2D eigenvalue weighted by Crippen LogP contribution is 2.24. The van der Waals surface area contributed by atoms with Gasteiger partial charge >= 0.3 is 0 Å². The summed E-state index contributed by atoms with van der Waals surface area (Å²) in [7, 11) is 0. The van der Waals surface area contributed by atoms with E-state index in [1.807, 2.05) is 0 Å². The molecule has 0 radical (unpaired) electrons. The van der Waals surface area contributed by atoms with Crippen LogP contribution in [0.3, 0.4) is 0 Å². The van der Waals surface area contributed by atoms with Gasteiger partial charge in [-0.1, -0.05) is 32.9 Å². The van der Waals surface area contributed by atoms with Crippen molar-refractivity contribution in [2.45, 2.75) is 58.7 Å². The maximum absolute atomic E-state index is 5.86. The van der Waals surface area contributed by atoms with E-state index in [2.05, 4.69) is 63.8 Å². The highest BCUT2D eigenvalue weighted by molar-refractivity contribution is 5.31. The van der Waals surface area contributed by atoms with Crippen LogP contribution in [-0.4, -0.2) is 43.3 Å². The fourth-order valence-corrected chi connectivity index (χ4v) is 3.00. The van der Waals surface area contributed by atoms with Gasteiger partial charge in [0, 0.05) is 19.6 Å². The van der Waals surface area contributed by atoms with Gasteiger partial charge in [-0.3, -0.25) is 4.90 Å². The van der Waals surface area contributed by atoms with E-state index in [9.17, 15) is 0 Å². The minimum Gasteiger partial charge on any atom is -0.494 e. The highest BCUT2D eigenvalue weighted by Gasteiger charge is 2.21. The van der Waals surface area contributed by atoms with E-state index >= 15 is 0 Å². The molecule has 1 fully saturated rings. The summed E-state index contributed by atoms with van der Waals surface area (Å²) in [5, 5.41) is 0. The predicted octanol–water partition coefficient (Wildman–Crippen LogP) is 3.86. The lowest BCUT2D eigenvalue weighted by Crippen LogP contribution is -2.45. The van der Waals surface area contributed by atoms with Crippen LogP contribution in [0.4, 0.5) is 0 Å². The molecule has 0 spiro atoms. The van der Waals surface area contributed by atoms with Crippen LogP contribution in [0.25, 0.3) is 0 Å². The van der Waals surface area contributed by atoms with Gasteiger partial charge in [0.25, 0.3) is 0 Å². The van der Waals surface area contributed by atoms with Gasteiger partial charge in [0.15, 0.2) is 0 Å². The molecule has 2 atom stereocenters. The van der Waals surface area contributed by atoms with Crippen LogP contribution in [0.5, 0.6) is 5.75 Å². The van der Waals surface area contributed by atoms with Crippen molar-refractivity contribution in [2.75, 3.05) is 26.2 Å². The molecule has 0 aromatic heterocycles. The smallest absolute Gasteiger partial charge is 0.119 e. The van der Waals surface area contributed by atoms with Crippen LogP contribution >= 0.6 is 0 Å². The molecule has 0 unspecified atom stereocenters. The molecule has 1 aromatic rings. The van der Waals surface area contributed by atoms with E-state index in [1.54, 1.807) is 0 Å². The molecule has 1 aliphatic rings. The Morgan fingerprint density at radius 1 is 1.09 bits per heavy atom. The molecule has 0 N–H and O–H groups in total. The Labute approximate surface area is 135 Å². The lowest BCUT2D eigenvalue weighted by atomic mass is 9.87. The monoisotopic (exact) mass is 305 g/mol. The second kappa shape index (κ2) is 7.47. The number of ether oxygens (including phenoxy) is 2. The molecule has 0 bridgehead atoms. The summed E-state index contributed by atoms with van der Waals surface area (Å²) in [6.07, 6.45) is 1.74. The lowest BCUT2D eigenvalue weighted by molar-refractivity contribution is -0.0686. The first kappa shape index (κ1) is 17.3. The van der Waals surface area contributed by atoms with Gasteiger partial charge in [-0.15, -0.1) is 0 Å². The highest BCUT2D eigenvalue weighted by atomic mass is 16.5. The quantitative estimate of drug-likeness (QED) is 0.771. The Morgan fingerprint density at radius 2 is 1.68 bits per heavy atom. The molecule has 1 saturated heterocycles. The number of hydrogen-bond acceptors (Lipinski definition) is 3. The normalized spacial score (nSPS) is 23.5. The van der Waals surface area contributed by atoms with Crippen molar-refractivity contribution in [2.24, 2.45) is 0 Å². The largest absolute Gasteiger partial charge is 0.494 e. The fourth-order valence-electron chi connectivity index (χ4n) is 3.00. The Balaban J connectivity index is 1.70. The summed E-state index contributed by atoms with van der Waals surface area (Å²) in [4.78, 5) is 2.48. The van der Waals surface area contributed by atoms with E-state index < -0.39 is 0 Å². The standard InChI is InChI=1S/C19H31NO2/c1-15-13-20(14-16(2)22-15)11-6-12-21-18-9-7-17(8-10-18)19(3,4)5/h7-10,15-16H,6,11-14H2,1-5H3/t15-,16-/m1/s1. The molecule has 1 aromatic carbocycles. The van der Waals surface area contributed by atoms with Crippen molar-refractivity contribution >= 4 is 0 Å². The fraction of sp³-hybridized carbons (Fsp3) is 0.684. The van der Waals surface area contributed by atoms with Crippen LogP contribution < -0.4 is 4.74 Å². The van der Waals surface area contributed by atoms with Crippen LogP contribution in [0.15, 0.2) is 24.3 Å². The first-order valence-electron chi connectivity index (χ1n) is 8.46. The second-order valence-corrected chi connectivity index (χ2v) is 7.49. The third kappa shape index (κ3) is 5.29. The lowest BCUT2D eigenvalue weighted by Gasteiger charge is -2.35. The van der Waals surface area contributed by atoms with Gasteiger partial charge in [0.1, 0.15) is 5.75 Å². The molecule has 1 aliphatic heterocycles. The Hall–Kier alpha value is -1.06. The minimum absolute atomic E-state index is 0.197. The topological polar surface area (TPSA) is 21.7 Å². The van der Waals surface area contributed by atoms with Gasteiger partial charge < -0.3 is 9.47 Å². The zero-order valence-electron chi connectivity index (χ0n) is 14.8. The van der Waals surface area contributed by atoms with E-state index in [-0.39, 0.29) is 5.41 Å². The zero-order chi connectivity index (χ0) is 16.2. The van der Waals surface area contributed by atoms with E-state index in [0.29, 0.717) is 12.2 Å². The van der Waals surface area contributed by atoms with Crippen LogP contribution in [0, 0.1) is 0 Å². The zero-order valence-corrected chi connectivity index (χ0v) is 14.8. The molecule has 22 heavy (non-hydrogen) atoms. The van der Waals surface area contributed by atoms with Crippen LogP contribution in [0.1, 0.15) is 46.6 Å². The van der Waals surface area contributed by atoms with Crippen molar-refractivity contribution in [1.29, 1.82) is 0 Å². The maximum atomic E-state index is 5.86. The molecular formula is C19H31NO2. The number of morpholine rings is 1. The third-order valence-electron chi connectivity index (χ3n) is 4.10. The molecule has 0 aliphatic carbocycles. The Kier molecular flexibility index (Phi) is 5.87. The van der Waals surface area contributed by atoms with Gasteiger partial charge in [0.2, 0.25) is 0 Å². The summed E-state index contributed by atoms with van der Waals surface area (Å²) < 4.78 is 11.6. The molecule has 124 valence electrons. The van der Waals surface area contributed by atoms with Gasteiger partial charge in [-0.25, -0.2) is 0 Å². The van der Waals surface area contributed by atoms with E-state index in [0.717, 1.165) is 38.4 Å². The number of benzene rings is 1. The van der Waals surface area contributed by atoms with Crippen molar-refractivity contribution in [3.8, 4) is 5.75 Å². The SMILES string of the molecule is C[C@@H]1CN(CCCOc2ccc(C(C)(C)C)cc2)C[C@@H](C)O1. The predicted molar refractivity (Wildman–Crippen MR) is 91.7 cm³/mol.